The molecule has 0 saturated heterocycles. The summed E-state index contributed by atoms with van der Waals surface area (Å²) in [5.74, 6) is -2.02. The summed E-state index contributed by atoms with van der Waals surface area (Å²) >= 11 is 0. The molecule has 116 valence electrons. The minimum absolute atomic E-state index is 0.264. The lowest BCUT2D eigenvalue weighted by Gasteiger charge is -2.12. The van der Waals surface area contributed by atoms with E-state index in [1.807, 2.05) is 6.92 Å². The van der Waals surface area contributed by atoms with Crippen LogP contribution in [-0.2, 0) is 11.3 Å². The Morgan fingerprint density at radius 3 is 2.67 bits per heavy atom. The van der Waals surface area contributed by atoms with Gasteiger partial charge in [-0.1, -0.05) is 19.8 Å². The van der Waals surface area contributed by atoms with Crippen molar-refractivity contribution in [2.75, 3.05) is 0 Å². The largest absolute Gasteiger partial charge is 0.480 e. The molecule has 9 heteroatoms. The zero-order chi connectivity index (χ0) is 16.0. The molecular formula is C12H18N4O5. The Balaban J connectivity index is 2.94. The van der Waals surface area contributed by atoms with E-state index in [9.17, 15) is 19.7 Å². The molecule has 0 bridgehead atoms. The maximum Gasteiger partial charge on any atom is 0.326 e. The van der Waals surface area contributed by atoms with Crippen molar-refractivity contribution in [3.8, 4) is 0 Å². The van der Waals surface area contributed by atoms with Gasteiger partial charge in [-0.2, -0.15) is 5.10 Å². The van der Waals surface area contributed by atoms with E-state index >= 15 is 0 Å². The van der Waals surface area contributed by atoms with Crippen molar-refractivity contribution in [1.29, 1.82) is 0 Å². The molecule has 21 heavy (non-hydrogen) atoms. The third kappa shape index (κ3) is 4.26. The van der Waals surface area contributed by atoms with Crippen molar-refractivity contribution in [2.24, 2.45) is 0 Å². The number of carbonyl (C=O) groups is 2. The minimum Gasteiger partial charge on any atom is -0.480 e. The Morgan fingerprint density at radius 2 is 2.19 bits per heavy atom. The van der Waals surface area contributed by atoms with E-state index in [2.05, 4.69) is 10.4 Å². The minimum atomic E-state index is -1.17. The van der Waals surface area contributed by atoms with Crippen LogP contribution in [0.3, 0.4) is 0 Å². The van der Waals surface area contributed by atoms with Gasteiger partial charge in [0.1, 0.15) is 12.2 Å². The zero-order valence-corrected chi connectivity index (χ0v) is 11.9. The topological polar surface area (TPSA) is 127 Å². The molecule has 1 heterocycles. The van der Waals surface area contributed by atoms with Crippen molar-refractivity contribution in [3.05, 3.63) is 22.0 Å². The molecule has 0 aliphatic heterocycles. The van der Waals surface area contributed by atoms with Crippen molar-refractivity contribution < 1.29 is 19.6 Å². The lowest BCUT2D eigenvalue weighted by molar-refractivity contribution is -0.385. The standard InChI is InChI=1S/C12H18N4O5/c1-3-5-6-8(12(18)19)13-11(17)10-9(16(20)21)7-15(4-2)14-10/h7-8H,3-6H2,1-2H3,(H,13,17)(H,18,19). The Morgan fingerprint density at radius 1 is 1.52 bits per heavy atom. The van der Waals surface area contributed by atoms with E-state index in [0.29, 0.717) is 13.0 Å². The molecular weight excluding hydrogens is 280 g/mol. The van der Waals surface area contributed by atoms with Crippen molar-refractivity contribution in [1.82, 2.24) is 15.1 Å². The molecule has 1 rings (SSSR count). The highest BCUT2D eigenvalue weighted by atomic mass is 16.6. The van der Waals surface area contributed by atoms with Crippen molar-refractivity contribution in [3.63, 3.8) is 0 Å². The molecule has 1 atom stereocenters. The second kappa shape index (κ2) is 7.36. The van der Waals surface area contributed by atoms with E-state index in [1.54, 1.807) is 6.92 Å². The number of hydrogen-bond acceptors (Lipinski definition) is 5. The SMILES string of the molecule is CCCCC(NC(=O)c1nn(CC)cc1[N+](=O)[O-])C(=O)O. The number of carboxylic acids is 1. The summed E-state index contributed by atoms with van der Waals surface area (Å²) in [4.78, 5) is 33.3. The van der Waals surface area contributed by atoms with Gasteiger partial charge in [0.25, 0.3) is 5.91 Å². The summed E-state index contributed by atoms with van der Waals surface area (Å²) in [7, 11) is 0. The van der Waals surface area contributed by atoms with Crippen LogP contribution in [0.4, 0.5) is 5.69 Å². The number of rotatable bonds is 8. The molecule has 1 aromatic heterocycles. The zero-order valence-electron chi connectivity index (χ0n) is 11.9. The average molecular weight is 298 g/mol. The van der Waals surface area contributed by atoms with Crippen LogP contribution in [0.1, 0.15) is 43.6 Å². The summed E-state index contributed by atoms with van der Waals surface area (Å²) in [6.45, 7) is 3.99. The monoisotopic (exact) mass is 298 g/mol. The van der Waals surface area contributed by atoms with Gasteiger partial charge in [-0.05, 0) is 13.3 Å². The highest BCUT2D eigenvalue weighted by Crippen LogP contribution is 2.17. The molecule has 0 fully saturated rings. The van der Waals surface area contributed by atoms with E-state index in [0.717, 1.165) is 12.6 Å². The summed E-state index contributed by atoms with van der Waals surface area (Å²) in [5, 5.41) is 26.0. The molecule has 0 saturated carbocycles. The first-order chi connectivity index (χ1) is 9.90. The van der Waals surface area contributed by atoms with Crippen LogP contribution >= 0.6 is 0 Å². The molecule has 0 aliphatic carbocycles. The first-order valence-corrected chi connectivity index (χ1v) is 6.66. The molecule has 0 aliphatic rings. The van der Waals surface area contributed by atoms with Crippen molar-refractivity contribution >= 4 is 17.6 Å². The molecule has 0 aromatic carbocycles. The third-order valence-electron chi connectivity index (χ3n) is 2.93. The van der Waals surface area contributed by atoms with E-state index < -0.39 is 28.5 Å². The lowest BCUT2D eigenvalue weighted by Crippen LogP contribution is -2.41. The summed E-state index contributed by atoms with van der Waals surface area (Å²) in [5.41, 5.74) is -0.807. The van der Waals surface area contributed by atoms with Gasteiger partial charge < -0.3 is 10.4 Å². The van der Waals surface area contributed by atoms with Gasteiger partial charge in [-0.3, -0.25) is 19.6 Å². The highest BCUT2D eigenvalue weighted by molar-refractivity contribution is 5.98. The number of carbonyl (C=O) groups excluding carboxylic acids is 1. The second-order valence-corrected chi connectivity index (χ2v) is 4.48. The number of unbranched alkanes of at least 4 members (excludes halogenated alkanes) is 1. The summed E-state index contributed by atoms with van der Waals surface area (Å²) < 4.78 is 1.26. The molecule has 0 radical (unpaired) electrons. The number of nitrogens with zero attached hydrogens (tertiary/aromatic N) is 3. The van der Waals surface area contributed by atoms with Gasteiger partial charge in [-0.15, -0.1) is 0 Å². The van der Waals surface area contributed by atoms with Gasteiger partial charge in [0.2, 0.25) is 5.69 Å². The van der Waals surface area contributed by atoms with Crippen LogP contribution in [0, 0.1) is 10.1 Å². The molecule has 9 nitrogen and oxygen atoms in total. The quantitative estimate of drug-likeness (QED) is 0.548. The number of carboxylic acid groups (broad SMARTS) is 1. The fourth-order valence-corrected chi connectivity index (χ4v) is 1.76. The maximum absolute atomic E-state index is 12.0. The predicted octanol–water partition coefficient (Wildman–Crippen LogP) is 1.18. The Hall–Kier alpha value is -2.45. The number of nitrogens with one attached hydrogen (secondary N) is 1. The fourth-order valence-electron chi connectivity index (χ4n) is 1.76. The van der Waals surface area contributed by atoms with Crippen LogP contribution < -0.4 is 5.32 Å². The Labute approximate surface area is 121 Å². The summed E-state index contributed by atoms with van der Waals surface area (Å²) in [6, 6.07) is -1.08. The van der Waals surface area contributed by atoms with Crippen molar-refractivity contribution in [2.45, 2.75) is 45.7 Å². The number of amides is 1. The first kappa shape index (κ1) is 16.6. The Kier molecular flexibility index (Phi) is 5.82. The number of nitro groups is 1. The molecule has 1 unspecified atom stereocenters. The predicted molar refractivity (Wildman–Crippen MR) is 73.0 cm³/mol. The maximum atomic E-state index is 12.0. The molecule has 1 amide bonds. The van der Waals surface area contributed by atoms with Gasteiger partial charge in [-0.25, -0.2) is 4.79 Å². The third-order valence-corrected chi connectivity index (χ3v) is 2.93. The van der Waals surface area contributed by atoms with Crippen LogP contribution in [0.15, 0.2) is 6.20 Å². The number of hydrogen-bond donors (Lipinski definition) is 2. The molecule has 2 N–H and O–H groups in total. The summed E-state index contributed by atoms with van der Waals surface area (Å²) in [6.07, 6.45) is 2.82. The van der Waals surface area contributed by atoms with E-state index in [1.165, 1.54) is 4.68 Å². The van der Waals surface area contributed by atoms with Crippen LogP contribution in [0.25, 0.3) is 0 Å². The molecule has 1 aromatic rings. The van der Waals surface area contributed by atoms with Gasteiger partial charge in [0, 0.05) is 6.54 Å². The van der Waals surface area contributed by atoms with Gasteiger partial charge in [0.05, 0.1) is 4.92 Å². The average Bonchev–Trinajstić information content (AvgIpc) is 2.87. The van der Waals surface area contributed by atoms with Crippen LogP contribution in [0.5, 0.6) is 0 Å². The molecule has 0 spiro atoms. The van der Waals surface area contributed by atoms with Gasteiger partial charge in [0.15, 0.2) is 0 Å². The first-order valence-electron chi connectivity index (χ1n) is 6.66. The number of aliphatic carboxylic acids is 1. The van der Waals surface area contributed by atoms with Crippen LogP contribution in [-0.4, -0.2) is 37.7 Å². The van der Waals surface area contributed by atoms with Gasteiger partial charge >= 0.3 is 11.7 Å². The lowest BCUT2D eigenvalue weighted by atomic mass is 10.1. The Bertz CT molecular complexity index is 540. The fraction of sp³-hybridized carbons (Fsp3) is 0.583. The smallest absolute Gasteiger partial charge is 0.326 e. The van der Waals surface area contributed by atoms with E-state index in [-0.39, 0.29) is 12.1 Å². The van der Waals surface area contributed by atoms with Crippen LogP contribution in [0.2, 0.25) is 0 Å². The highest BCUT2D eigenvalue weighted by Gasteiger charge is 2.28. The van der Waals surface area contributed by atoms with E-state index in [4.69, 9.17) is 5.11 Å². The number of aryl methyl sites for hydroxylation is 1. The normalized spacial score (nSPS) is 11.9. The second-order valence-electron chi connectivity index (χ2n) is 4.48. The number of aromatic nitrogens is 2.